The van der Waals surface area contributed by atoms with Crippen LogP contribution in [-0.2, 0) is 11.0 Å². The van der Waals surface area contributed by atoms with Crippen LogP contribution in [0.15, 0.2) is 18.3 Å². The van der Waals surface area contributed by atoms with Gasteiger partial charge in [-0.25, -0.2) is 4.98 Å². The number of hydrogen-bond donors (Lipinski definition) is 2. The van der Waals surface area contributed by atoms with E-state index in [0.29, 0.717) is 12.8 Å². The topological polar surface area (TPSA) is 71.5 Å². The minimum Gasteiger partial charge on any atom is -0.475 e. The minimum absolute atomic E-state index is 0.0515. The number of hydrogen-bond acceptors (Lipinski definition) is 4. The number of aliphatic hydroxyl groups excluding tert-OH is 1. The molecule has 2 N–H and O–H groups in total. The van der Waals surface area contributed by atoms with Gasteiger partial charge in [0.1, 0.15) is 12.2 Å². The Bertz CT molecular complexity index is 522. The smallest absolute Gasteiger partial charge is 0.421 e. The monoisotopic (exact) mass is 318 g/mol. The molecule has 1 heterocycles. The molecular formula is C14H17F3N2O3. The highest BCUT2D eigenvalue weighted by atomic mass is 19.4. The molecule has 0 aliphatic heterocycles. The van der Waals surface area contributed by atoms with Crippen molar-refractivity contribution in [3.8, 4) is 5.88 Å². The predicted octanol–water partition coefficient (Wildman–Crippen LogP) is 1.76. The predicted molar refractivity (Wildman–Crippen MR) is 71.1 cm³/mol. The van der Waals surface area contributed by atoms with Crippen molar-refractivity contribution in [2.24, 2.45) is 5.92 Å². The number of aromatic nitrogens is 1. The second-order valence-corrected chi connectivity index (χ2v) is 5.10. The van der Waals surface area contributed by atoms with Gasteiger partial charge in [-0.15, -0.1) is 0 Å². The van der Waals surface area contributed by atoms with Gasteiger partial charge in [-0.1, -0.05) is 0 Å². The normalized spacial score (nSPS) is 21.6. The van der Waals surface area contributed by atoms with Crippen molar-refractivity contribution in [2.45, 2.75) is 31.5 Å². The molecule has 2 rings (SSSR count). The van der Waals surface area contributed by atoms with Crippen molar-refractivity contribution in [3.05, 3.63) is 23.9 Å². The van der Waals surface area contributed by atoms with E-state index in [-0.39, 0.29) is 19.1 Å². The molecule has 1 amide bonds. The first-order valence-electron chi connectivity index (χ1n) is 7.00. The Morgan fingerprint density at radius 1 is 1.45 bits per heavy atom. The standard InChI is InChI=1S/C14H17F3N2O3/c15-14(16,17)10-4-2-6-19-13(10)22-8-7-18-12(21)9-3-1-5-11(9)20/h2,4,6,9,11,20H,1,3,5,7-8H2,(H,18,21). The molecule has 0 spiro atoms. The van der Waals surface area contributed by atoms with Crippen molar-refractivity contribution in [3.63, 3.8) is 0 Å². The van der Waals surface area contributed by atoms with Gasteiger partial charge in [0.15, 0.2) is 0 Å². The van der Waals surface area contributed by atoms with Crippen molar-refractivity contribution >= 4 is 5.91 Å². The Hall–Kier alpha value is -1.83. The van der Waals surface area contributed by atoms with Crippen LogP contribution in [0.1, 0.15) is 24.8 Å². The lowest BCUT2D eigenvalue weighted by Crippen LogP contribution is -2.37. The van der Waals surface area contributed by atoms with Gasteiger partial charge in [-0.2, -0.15) is 13.2 Å². The average Bonchev–Trinajstić information content (AvgIpc) is 2.89. The zero-order chi connectivity index (χ0) is 16.2. The van der Waals surface area contributed by atoms with E-state index in [4.69, 9.17) is 4.74 Å². The van der Waals surface area contributed by atoms with E-state index in [1.165, 1.54) is 12.3 Å². The SMILES string of the molecule is O=C(NCCOc1ncccc1C(F)(F)F)C1CCCC1O. The van der Waals surface area contributed by atoms with Crippen LogP contribution < -0.4 is 10.1 Å². The molecule has 5 nitrogen and oxygen atoms in total. The molecule has 1 aliphatic carbocycles. The van der Waals surface area contributed by atoms with Crippen LogP contribution in [0.5, 0.6) is 5.88 Å². The summed E-state index contributed by atoms with van der Waals surface area (Å²) in [5, 5.41) is 12.1. The molecular weight excluding hydrogens is 301 g/mol. The van der Waals surface area contributed by atoms with E-state index in [1.807, 2.05) is 0 Å². The number of ether oxygens (including phenoxy) is 1. The molecule has 1 aliphatic rings. The number of carbonyl (C=O) groups excluding carboxylic acids is 1. The van der Waals surface area contributed by atoms with Gasteiger partial charge in [-0.05, 0) is 31.4 Å². The van der Waals surface area contributed by atoms with Crippen LogP contribution in [0, 0.1) is 5.92 Å². The van der Waals surface area contributed by atoms with Crippen molar-refractivity contribution in [1.82, 2.24) is 10.3 Å². The van der Waals surface area contributed by atoms with Gasteiger partial charge < -0.3 is 15.2 Å². The number of nitrogens with zero attached hydrogens (tertiary/aromatic N) is 1. The first-order chi connectivity index (χ1) is 10.4. The maximum Gasteiger partial charge on any atom is 0.421 e. The van der Waals surface area contributed by atoms with E-state index in [2.05, 4.69) is 10.3 Å². The van der Waals surface area contributed by atoms with E-state index in [0.717, 1.165) is 12.5 Å². The zero-order valence-electron chi connectivity index (χ0n) is 11.8. The highest BCUT2D eigenvalue weighted by Gasteiger charge is 2.35. The molecule has 22 heavy (non-hydrogen) atoms. The molecule has 1 fully saturated rings. The minimum atomic E-state index is -4.54. The van der Waals surface area contributed by atoms with Crippen molar-refractivity contribution < 1.29 is 27.8 Å². The molecule has 0 saturated heterocycles. The molecule has 1 aromatic heterocycles. The Morgan fingerprint density at radius 2 is 2.23 bits per heavy atom. The summed E-state index contributed by atoms with van der Waals surface area (Å²) >= 11 is 0. The Balaban J connectivity index is 1.81. The lowest BCUT2D eigenvalue weighted by molar-refractivity contribution is -0.139. The summed E-state index contributed by atoms with van der Waals surface area (Å²) in [4.78, 5) is 15.3. The summed E-state index contributed by atoms with van der Waals surface area (Å²) in [7, 11) is 0. The molecule has 2 atom stereocenters. The summed E-state index contributed by atoms with van der Waals surface area (Å²) in [6, 6.07) is 2.06. The second-order valence-electron chi connectivity index (χ2n) is 5.10. The number of aliphatic hydroxyl groups is 1. The van der Waals surface area contributed by atoms with Gasteiger partial charge in [0, 0.05) is 6.20 Å². The number of carbonyl (C=O) groups is 1. The highest BCUT2D eigenvalue weighted by Crippen LogP contribution is 2.34. The molecule has 0 bridgehead atoms. The number of halogens is 3. The number of pyridine rings is 1. The molecule has 2 unspecified atom stereocenters. The fraction of sp³-hybridized carbons (Fsp3) is 0.571. The molecule has 122 valence electrons. The highest BCUT2D eigenvalue weighted by molar-refractivity contribution is 5.79. The summed E-state index contributed by atoms with van der Waals surface area (Å²) in [6.45, 7) is -0.0788. The third-order valence-electron chi connectivity index (χ3n) is 3.53. The molecule has 1 saturated carbocycles. The number of alkyl halides is 3. The third-order valence-corrected chi connectivity index (χ3v) is 3.53. The van der Waals surface area contributed by atoms with Crippen LogP contribution in [-0.4, -0.2) is 35.3 Å². The molecule has 0 radical (unpaired) electrons. The Kier molecular flexibility index (Phi) is 5.23. The second kappa shape index (κ2) is 6.95. The maximum absolute atomic E-state index is 12.7. The first-order valence-corrected chi connectivity index (χ1v) is 7.00. The summed E-state index contributed by atoms with van der Waals surface area (Å²) in [5.41, 5.74) is -0.951. The van der Waals surface area contributed by atoms with Crippen LogP contribution in [0.25, 0.3) is 0 Å². The van der Waals surface area contributed by atoms with Gasteiger partial charge in [0.25, 0.3) is 0 Å². The zero-order valence-corrected chi connectivity index (χ0v) is 11.8. The largest absolute Gasteiger partial charge is 0.475 e. The third kappa shape index (κ3) is 4.09. The van der Waals surface area contributed by atoms with Crippen molar-refractivity contribution in [1.29, 1.82) is 0 Å². The van der Waals surface area contributed by atoms with E-state index < -0.39 is 29.6 Å². The van der Waals surface area contributed by atoms with Gasteiger partial charge in [0.2, 0.25) is 11.8 Å². The maximum atomic E-state index is 12.7. The quantitative estimate of drug-likeness (QED) is 0.812. The molecule has 0 aromatic carbocycles. The lowest BCUT2D eigenvalue weighted by Gasteiger charge is -2.15. The Labute approximate surface area is 125 Å². The van der Waals surface area contributed by atoms with Crippen LogP contribution in [0.4, 0.5) is 13.2 Å². The number of nitrogens with one attached hydrogen (secondary N) is 1. The fourth-order valence-corrected chi connectivity index (χ4v) is 2.42. The number of amides is 1. The average molecular weight is 318 g/mol. The van der Waals surface area contributed by atoms with Gasteiger partial charge in [-0.3, -0.25) is 4.79 Å². The molecule has 8 heteroatoms. The van der Waals surface area contributed by atoms with Gasteiger partial charge >= 0.3 is 6.18 Å². The fourth-order valence-electron chi connectivity index (χ4n) is 2.42. The van der Waals surface area contributed by atoms with Crippen molar-refractivity contribution in [2.75, 3.05) is 13.2 Å². The summed E-state index contributed by atoms with van der Waals surface area (Å²) in [6.07, 6.45) is -1.98. The Morgan fingerprint density at radius 3 is 2.86 bits per heavy atom. The van der Waals surface area contributed by atoms with Gasteiger partial charge in [0.05, 0.1) is 18.6 Å². The summed E-state index contributed by atoms with van der Waals surface area (Å²) < 4.78 is 43.1. The van der Waals surface area contributed by atoms with E-state index in [1.54, 1.807) is 0 Å². The lowest BCUT2D eigenvalue weighted by atomic mass is 10.1. The van der Waals surface area contributed by atoms with E-state index >= 15 is 0 Å². The first kappa shape index (κ1) is 16.5. The van der Waals surface area contributed by atoms with Crippen LogP contribution in [0.3, 0.4) is 0 Å². The van der Waals surface area contributed by atoms with Crippen LogP contribution >= 0.6 is 0 Å². The summed E-state index contributed by atoms with van der Waals surface area (Å²) in [5.74, 6) is -1.25. The number of rotatable bonds is 5. The van der Waals surface area contributed by atoms with Crippen LogP contribution in [0.2, 0.25) is 0 Å². The molecule has 1 aromatic rings. The van der Waals surface area contributed by atoms with E-state index in [9.17, 15) is 23.1 Å².